The molecule has 3 heterocycles. The zero-order valence-corrected chi connectivity index (χ0v) is 14.5. The number of pyridine rings is 2. The van der Waals surface area contributed by atoms with E-state index in [-0.39, 0.29) is 5.82 Å². The van der Waals surface area contributed by atoms with E-state index >= 15 is 0 Å². The second kappa shape index (κ2) is 6.94. The molecule has 0 aliphatic heterocycles. The molecule has 4 rings (SSSR count). The van der Waals surface area contributed by atoms with Crippen LogP contribution in [0.1, 0.15) is 11.9 Å². The monoisotopic (exact) mass is 386 g/mol. The second-order valence-electron chi connectivity index (χ2n) is 5.84. The summed E-state index contributed by atoms with van der Waals surface area (Å²) < 4.78 is 28.3. The molecule has 0 amide bonds. The van der Waals surface area contributed by atoms with Crippen LogP contribution in [0.2, 0.25) is 5.02 Å². The molecule has 3 aromatic heterocycles. The van der Waals surface area contributed by atoms with E-state index in [9.17, 15) is 13.9 Å². The first-order chi connectivity index (χ1) is 13.0. The molecule has 0 radical (unpaired) electrons. The van der Waals surface area contributed by atoms with E-state index in [4.69, 9.17) is 11.6 Å². The largest absolute Gasteiger partial charge is 0.368 e. The van der Waals surface area contributed by atoms with E-state index < -0.39 is 17.9 Å². The quantitative estimate of drug-likeness (QED) is 0.509. The molecule has 2 N–H and O–H groups in total. The van der Waals surface area contributed by atoms with Gasteiger partial charge in [0.2, 0.25) is 0 Å². The number of aliphatic hydroxyl groups excluding tert-OH is 1. The van der Waals surface area contributed by atoms with Gasteiger partial charge < -0.3 is 10.4 Å². The molecule has 0 saturated heterocycles. The summed E-state index contributed by atoms with van der Waals surface area (Å²) in [7, 11) is 0. The van der Waals surface area contributed by atoms with Crippen LogP contribution in [0.5, 0.6) is 0 Å². The summed E-state index contributed by atoms with van der Waals surface area (Å²) in [5, 5.41) is 14.1. The van der Waals surface area contributed by atoms with Gasteiger partial charge in [0.25, 0.3) is 0 Å². The summed E-state index contributed by atoms with van der Waals surface area (Å²) in [6.07, 6.45) is 0.995. The van der Waals surface area contributed by atoms with Crippen LogP contribution in [0.25, 0.3) is 16.9 Å². The lowest BCUT2D eigenvalue weighted by Gasteiger charge is -2.15. The van der Waals surface area contributed by atoms with E-state index in [0.717, 1.165) is 6.20 Å². The molecule has 0 bridgehead atoms. The number of anilines is 1. The van der Waals surface area contributed by atoms with Gasteiger partial charge in [-0.05, 0) is 36.4 Å². The maximum Gasteiger partial charge on any atom is 0.169 e. The third kappa shape index (κ3) is 3.47. The Morgan fingerprint density at radius 2 is 1.74 bits per heavy atom. The van der Waals surface area contributed by atoms with Crippen molar-refractivity contribution in [1.29, 1.82) is 0 Å². The van der Waals surface area contributed by atoms with Gasteiger partial charge in [0.05, 0.1) is 17.6 Å². The maximum absolute atomic E-state index is 13.8. The second-order valence-corrected chi connectivity index (χ2v) is 6.27. The van der Waals surface area contributed by atoms with Crippen LogP contribution in [0.15, 0.2) is 60.9 Å². The number of aromatic nitrogens is 3. The smallest absolute Gasteiger partial charge is 0.169 e. The van der Waals surface area contributed by atoms with Crippen molar-refractivity contribution in [2.24, 2.45) is 0 Å². The maximum atomic E-state index is 13.8. The molecular weight excluding hydrogens is 374 g/mol. The number of nitrogens with one attached hydrogen (secondary N) is 1. The van der Waals surface area contributed by atoms with Crippen molar-refractivity contribution in [3.63, 3.8) is 0 Å². The fourth-order valence-corrected chi connectivity index (χ4v) is 2.91. The number of hydrogen-bond acceptors (Lipinski definition) is 4. The molecule has 0 spiro atoms. The first-order valence-corrected chi connectivity index (χ1v) is 8.38. The summed E-state index contributed by atoms with van der Waals surface area (Å²) in [6.45, 7) is 0. The number of benzene rings is 1. The van der Waals surface area contributed by atoms with Gasteiger partial charge in [-0.2, -0.15) is 0 Å². The van der Waals surface area contributed by atoms with Crippen molar-refractivity contribution < 1.29 is 13.9 Å². The van der Waals surface area contributed by atoms with Crippen molar-refractivity contribution in [3.8, 4) is 11.3 Å². The lowest BCUT2D eigenvalue weighted by atomic mass is 10.1. The fraction of sp³-hybridized carbons (Fsp3) is 0.0526. The van der Waals surface area contributed by atoms with Crippen LogP contribution in [-0.4, -0.2) is 19.5 Å². The van der Waals surface area contributed by atoms with E-state index in [0.29, 0.717) is 27.6 Å². The van der Waals surface area contributed by atoms with Crippen LogP contribution in [0.3, 0.4) is 0 Å². The molecule has 136 valence electrons. The van der Waals surface area contributed by atoms with Crippen molar-refractivity contribution >= 4 is 23.1 Å². The molecule has 1 unspecified atom stereocenters. The van der Waals surface area contributed by atoms with Crippen LogP contribution in [0.4, 0.5) is 14.6 Å². The third-order valence-electron chi connectivity index (χ3n) is 4.01. The summed E-state index contributed by atoms with van der Waals surface area (Å²) in [6, 6.07) is 12.3. The number of nitrogens with zero attached hydrogens (tertiary/aromatic N) is 3. The Labute approximate surface area is 157 Å². The SMILES string of the molecule is OC(Nc1ccc(F)cn1)c1c(-c2ccc(Cl)cc2)nc2ccc(F)cn12. The minimum atomic E-state index is -1.27. The topological polar surface area (TPSA) is 62.5 Å². The van der Waals surface area contributed by atoms with Gasteiger partial charge >= 0.3 is 0 Å². The van der Waals surface area contributed by atoms with Gasteiger partial charge in [0.1, 0.15) is 23.1 Å². The third-order valence-corrected chi connectivity index (χ3v) is 4.26. The number of fused-ring (bicyclic) bond motifs is 1. The first-order valence-electron chi connectivity index (χ1n) is 8.01. The summed E-state index contributed by atoms with van der Waals surface area (Å²) >= 11 is 5.95. The lowest BCUT2D eigenvalue weighted by Crippen LogP contribution is -2.14. The lowest BCUT2D eigenvalue weighted by molar-refractivity contribution is 0.202. The van der Waals surface area contributed by atoms with Crippen molar-refractivity contribution in [3.05, 3.63) is 83.3 Å². The predicted molar refractivity (Wildman–Crippen MR) is 98.4 cm³/mol. The average molecular weight is 387 g/mol. The normalized spacial score (nSPS) is 12.3. The van der Waals surface area contributed by atoms with Gasteiger partial charge in [-0.3, -0.25) is 4.40 Å². The van der Waals surface area contributed by atoms with Crippen LogP contribution < -0.4 is 5.32 Å². The molecule has 0 fully saturated rings. The Hall–Kier alpha value is -3.03. The van der Waals surface area contributed by atoms with E-state index in [2.05, 4.69) is 15.3 Å². The van der Waals surface area contributed by atoms with Crippen molar-refractivity contribution in [2.45, 2.75) is 6.23 Å². The molecule has 0 saturated carbocycles. The zero-order valence-electron chi connectivity index (χ0n) is 13.8. The van der Waals surface area contributed by atoms with Gasteiger partial charge in [0, 0.05) is 16.8 Å². The molecular formula is C19H13ClF2N4O. The average Bonchev–Trinajstić information content (AvgIpc) is 3.03. The Bertz CT molecular complexity index is 1100. The first kappa shape index (κ1) is 17.4. The highest BCUT2D eigenvalue weighted by molar-refractivity contribution is 6.30. The Balaban J connectivity index is 1.83. The van der Waals surface area contributed by atoms with E-state index in [1.807, 2.05) is 0 Å². The number of rotatable bonds is 4. The van der Waals surface area contributed by atoms with Gasteiger partial charge in [-0.1, -0.05) is 23.7 Å². The molecule has 8 heteroatoms. The van der Waals surface area contributed by atoms with Gasteiger partial charge in [-0.15, -0.1) is 0 Å². The highest BCUT2D eigenvalue weighted by atomic mass is 35.5. The number of aliphatic hydroxyl groups is 1. The molecule has 4 aromatic rings. The summed E-state index contributed by atoms with van der Waals surface area (Å²) in [5.41, 5.74) is 1.94. The highest BCUT2D eigenvalue weighted by Gasteiger charge is 2.21. The molecule has 27 heavy (non-hydrogen) atoms. The zero-order chi connectivity index (χ0) is 19.0. The van der Waals surface area contributed by atoms with E-state index in [1.54, 1.807) is 24.3 Å². The molecule has 0 aliphatic rings. The van der Waals surface area contributed by atoms with Crippen LogP contribution >= 0.6 is 11.6 Å². The standard InChI is InChI=1S/C19H13ClF2N4O/c20-12-3-1-11(2-4-12)17-18(26-10-14(22)6-8-16(26)25-17)19(27)24-15-7-5-13(21)9-23-15/h1-10,19,27H,(H,23,24). The Kier molecular flexibility index (Phi) is 4.47. The molecule has 5 nitrogen and oxygen atoms in total. The Morgan fingerprint density at radius 1 is 1.00 bits per heavy atom. The predicted octanol–water partition coefficient (Wildman–Crippen LogP) is 4.43. The van der Waals surface area contributed by atoms with Crippen molar-refractivity contribution in [2.75, 3.05) is 5.32 Å². The van der Waals surface area contributed by atoms with Gasteiger partial charge in [0.15, 0.2) is 6.23 Å². The van der Waals surface area contributed by atoms with Crippen LogP contribution in [-0.2, 0) is 0 Å². The van der Waals surface area contributed by atoms with E-state index in [1.165, 1.54) is 34.9 Å². The molecule has 0 aliphatic carbocycles. The summed E-state index contributed by atoms with van der Waals surface area (Å²) in [4.78, 5) is 8.38. The Morgan fingerprint density at radius 3 is 2.44 bits per heavy atom. The van der Waals surface area contributed by atoms with Crippen molar-refractivity contribution in [1.82, 2.24) is 14.4 Å². The number of imidazole rings is 1. The number of hydrogen-bond donors (Lipinski definition) is 2. The minimum Gasteiger partial charge on any atom is -0.368 e. The summed E-state index contributed by atoms with van der Waals surface area (Å²) in [5.74, 6) is -0.706. The molecule has 1 aromatic carbocycles. The minimum absolute atomic E-state index is 0.261. The molecule has 1 atom stereocenters. The highest BCUT2D eigenvalue weighted by Crippen LogP contribution is 2.30. The fourth-order valence-electron chi connectivity index (χ4n) is 2.79. The number of halogens is 3. The van der Waals surface area contributed by atoms with Crippen LogP contribution in [0, 0.1) is 11.6 Å². The van der Waals surface area contributed by atoms with Gasteiger partial charge in [-0.25, -0.2) is 18.7 Å².